The van der Waals surface area contributed by atoms with Crippen molar-refractivity contribution >= 4 is 28.6 Å². The number of unbranched alkanes of at least 4 members (excludes halogenated alkanes) is 4. The van der Waals surface area contributed by atoms with Crippen molar-refractivity contribution in [2.75, 3.05) is 31.1 Å². The van der Waals surface area contributed by atoms with Crippen molar-refractivity contribution in [1.82, 2.24) is 4.90 Å². The van der Waals surface area contributed by atoms with Crippen LogP contribution in [-0.4, -0.2) is 58.6 Å². The monoisotopic (exact) mass is 548 g/mol. The van der Waals surface area contributed by atoms with Gasteiger partial charge in [-0.25, -0.2) is 0 Å². The third kappa shape index (κ3) is 6.93. The molecule has 0 aliphatic heterocycles. The zero-order chi connectivity index (χ0) is 29.2. The highest BCUT2D eigenvalue weighted by Crippen LogP contribution is 2.39. The Labute approximate surface area is 238 Å². The van der Waals surface area contributed by atoms with Crippen LogP contribution in [0.4, 0.5) is 5.69 Å². The molecule has 7 heteroatoms. The number of carbonyl (C=O) groups is 3. The molecule has 0 heterocycles. The largest absolute Gasteiger partial charge is 0.507 e. The number of phenolic OH excluding ortho intramolecular Hbond substituents is 1. The Hall–Kier alpha value is -3.61. The zero-order valence-electron chi connectivity index (χ0n) is 24.5. The van der Waals surface area contributed by atoms with Crippen LogP contribution in [0.3, 0.4) is 0 Å². The van der Waals surface area contributed by atoms with Gasteiger partial charge in [0.25, 0.3) is 0 Å². The summed E-state index contributed by atoms with van der Waals surface area (Å²) in [5, 5.41) is 22.0. The molecular formula is C33H44N2O5. The van der Waals surface area contributed by atoms with Crippen LogP contribution in [0, 0.1) is 0 Å². The van der Waals surface area contributed by atoms with Crippen LogP contribution in [0.2, 0.25) is 0 Å². The van der Waals surface area contributed by atoms with E-state index in [1.807, 2.05) is 0 Å². The van der Waals surface area contributed by atoms with E-state index in [4.69, 9.17) is 0 Å². The fraction of sp³-hybridized carbons (Fsp3) is 0.485. The highest BCUT2D eigenvalue weighted by atomic mass is 16.3. The third-order valence-electron chi connectivity index (χ3n) is 7.48. The van der Waals surface area contributed by atoms with Crippen LogP contribution in [-0.2, 0) is 14.4 Å². The molecule has 2 aliphatic rings. The number of carbonyl (C=O) groups excluding carboxylic acids is 3. The summed E-state index contributed by atoms with van der Waals surface area (Å²) in [4.78, 5) is 43.6. The van der Waals surface area contributed by atoms with Gasteiger partial charge < -0.3 is 20.0 Å². The summed E-state index contributed by atoms with van der Waals surface area (Å²) in [6.45, 7) is 11.8. The SMILES string of the molecule is CCCCN(CCCC)C1=CC(=O)/C(=C2\C(=O)C(=O)C(c3ccc(N(CCCC)CCCC)cc3O)=C2O)C=C1. The van der Waals surface area contributed by atoms with Crippen molar-refractivity contribution < 1.29 is 24.6 Å². The molecule has 0 spiro atoms. The first-order valence-electron chi connectivity index (χ1n) is 14.8. The number of rotatable bonds is 15. The molecule has 1 aromatic carbocycles. The number of aliphatic hydroxyl groups excluding tert-OH is 1. The molecule has 0 bridgehead atoms. The normalized spacial score (nSPS) is 17.2. The van der Waals surface area contributed by atoms with Crippen molar-refractivity contribution in [2.45, 2.75) is 79.1 Å². The van der Waals surface area contributed by atoms with Gasteiger partial charge in [-0.15, -0.1) is 0 Å². The predicted molar refractivity (Wildman–Crippen MR) is 160 cm³/mol. The lowest BCUT2D eigenvalue weighted by atomic mass is 9.96. The van der Waals surface area contributed by atoms with E-state index in [-0.39, 0.29) is 28.0 Å². The Bertz CT molecular complexity index is 1220. The second kappa shape index (κ2) is 14.7. The lowest BCUT2D eigenvalue weighted by molar-refractivity contribution is -0.130. The zero-order valence-corrected chi connectivity index (χ0v) is 24.5. The topological polar surface area (TPSA) is 98.2 Å². The van der Waals surface area contributed by atoms with Gasteiger partial charge in [-0.2, -0.15) is 0 Å². The predicted octanol–water partition coefficient (Wildman–Crippen LogP) is 6.44. The Morgan fingerprint density at radius 3 is 1.70 bits per heavy atom. The van der Waals surface area contributed by atoms with Crippen molar-refractivity contribution in [3.05, 3.63) is 64.6 Å². The molecule has 7 nitrogen and oxygen atoms in total. The smallest absolute Gasteiger partial charge is 0.238 e. The van der Waals surface area contributed by atoms with Crippen LogP contribution >= 0.6 is 0 Å². The quantitative estimate of drug-likeness (QED) is 0.192. The summed E-state index contributed by atoms with van der Waals surface area (Å²) in [7, 11) is 0. The molecule has 0 unspecified atom stereocenters. The first-order chi connectivity index (χ1) is 19.3. The molecule has 216 valence electrons. The number of phenols is 1. The van der Waals surface area contributed by atoms with Gasteiger partial charge in [0.15, 0.2) is 5.78 Å². The number of hydrogen-bond acceptors (Lipinski definition) is 7. The molecule has 0 amide bonds. The van der Waals surface area contributed by atoms with Crippen molar-refractivity contribution in [3.63, 3.8) is 0 Å². The van der Waals surface area contributed by atoms with E-state index >= 15 is 0 Å². The summed E-state index contributed by atoms with van der Waals surface area (Å²) in [6, 6.07) is 4.94. The Balaban J connectivity index is 1.96. The Morgan fingerprint density at radius 2 is 1.20 bits per heavy atom. The molecule has 0 radical (unpaired) electrons. The highest BCUT2D eigenvalue weighted by Gasteiger charge is 2.41. The van der Waals surface area contributed by atoms with Gasteiger partial charge in [0.1, 0.15) is 11.5 Å². The van der Waals surface area contributed by atoms with Crippen LogP contribution < -0.4 is 4.90 Å². The van der Waals surface area contributed by atoms with Gasteiger partial charge in [0.2, 0.25) is 11.6 Å². The van der Waals surface area contributed by atoms with E-state index in [9.17, 15) is 24.6 Å². The fourth-order valence-corrected chi connectivity index (χ4v) is 5.05. The van der Waals surface area contributed by atoms with Crippen LogP contribution in [0.1, 0.15) is 84.6 Å². The van der Waals surface area contributed by atoms with Crippen molar-refractivity contribution in [3.8, 4) is 5.75 Å². The molecule has 1 aromatic rings. The molecular weight excluding hydrogens is 504 g/mol. The standard InChI is InChI=1S/C33H44N2O5/c1-5-9-17-34(18-10-6-2)23-13-15-25(27(36)21-23)29-31(38)30(33(40)32(29)39)26-16-14-24(22-28(26)37)35(19-11-7-3)20-12-8-4/h13-16,21-22,36,38H,5-12,17-20H2,1-4H3/b30-26-. The lowest BCUT2D eigenvalue weighted by Crippen LogP contribution is -2.27. The molecule has 2 aliphatic carbocycles. The number of allylic oxidation sites excluding steroid dienone is 6. The second-order valence-electron chi connectivity index (χ2n) is 10.5. The molecule has 0 aromatic heterocycles. The summed E-state index contributed by atoms with van der Waals surface area (Å²) in [5.74, 6) is -3.06. The van der Waals surface area contributed by atoms with Crippen LogP contribution in [0.25, 0.3) is 5.57 Å². The van der Waals surface area contributed by atoms with Gasteiger partial charge in [0.05, 0.1) is 11.1 Å². The van der Waals surface area contributed by atoms with Gasteiger partial charge in [-0.1, -0.05) is 53.4 Å². The summed E-state index contributed by atoms with van der Waals surface area (Å²) < 4.78 is 0. The maximum atomic E-state index is 13.2. The molecule has 0 fully saturated rings. The van der Waals surface area contributed by atoms with Crippen LogP contribution in [0.15, 0.2) is 59.0 Å². The van der Waals surface area contributed by atoms with E-state index in [0.717, 1.165) is 88.9 Å². The number of ketones is 3. The van der Waals surface area contributed by atoms with E-state index in [1.54, 1.807) is 24.3 Å². The third-order valence-corrected chi connectivity index (χ3v) is 7.48. The minimum Gasteiger partial charge on any atom is -0.507 e. The van der Waals surface area contributed by atoms with Gasteiger partial charge in [-0.3, -0.25) is 14.4 Å². The van der Waals surface area contributed by atoms with Crippen LogP contribution in [0.5, 0.6) is 5.75 Å². The van der Waals surface area contributed by atoms with Gasteiger partial charge in [0, 0.05) is 60.8 Å². The van der Waals surface area contributed by atoms with E-state index in [1.165, 1.54) is 12.2 Å². The molecule has 0 atom stereocenters. The first-order valence-corrected chi connectivity index (χ1v) is 14.8. The minimum atomic E-state index is -0.942. The molecule has 3 rings (SSSR count). The summed E-state index contributed by atoms with van der Waals surface area (Å²) >= 11 is 0. The molecule has 0 saturated carbocycles. The highest BCUT2D eigenvalue weighted by molar-refractivity contribution is 6.63. The lowest BCUT2D eigenvalue weighted by Gasteiger charge is -2.27. The Kier molecular flexibility index (Phi) is 11.4. The minimum absolute atomic E-state index is 0.0121. The first kappa shape index (κ1) is 30.9. The van der Waals surface area contributed by atoms with E-state index < -0.39 is 23.1 Å². The number of Topliss-reactive ketones (excluding diaryl/α,β-unsaturated/α-hetero) is 2. The van der Waals surface area contributed by atoms with Gasteiger partial charge in [-0.05, 0) is 50.0 Å². The summed E-state index contributed by atoms with van der Waals surface area (Å²) in [6.07, 6.45) is 12.9. The maximum absolute atomic E-state index is 13.2. The van der Waals surface area contributed by atoms with E-state index in [2.05, 4.69) is 37.5 Å². The molecule has 2 N–H and O–H groups in total. The molecule has 0 saturated heterocycles. The number of benzene rings is 1. The molecule has 40 heavy (non-hydrogen) atoms. The van der Waals surface area contributed by atoms with Crippen molar-refractivity contribution in [2.24, 2.45) is 0 Å². The number of hydrogen-bond donors (Lipinski definition) is 2. The second-order valence-corrected chi connectivity index (χ2v) is 10.5. The average Bonchev–Trinajstić information content (AvgIpc) is 3.16. The maximum Gasteiger partial charge on any atom is 0.238 e. The number of nitrogens with zero attached hydrogens (tertiary/aromatic N) is 2. The Morgan fingerprint density at radius 1 is 0.675 bits per heavy atom. The van der Waals surface area contributed by atoms with E-state index in [0.29, 0.717) is 0 Å². The number of aromatic hydroxyl groups is 1. The fourth-order valence-electron chi connectivity index (χ4n) is 5.05. The average molecular weight is 549 g/mol. The summed E-state index contributed by atoms with van der Waals surface area (Å²) in [5.41, 5.74) is 1.07. The number of aliphatic hydroxyl groups is 1. The van der Waals surface area contributed by atoms with Gasteiger partial charge >= 0.3 is 0 Å². The number of anilines is 1. The van der Waals surface area contributed by atoms with Crippen molar-refractivity contribution in [1.29, 1.82) is 0 Å².